The Bertz CT molecular complexity index is 908. The molecule has 0 aliphatic carbocycles. The van der Waals surface area contributed by atoms with Crippen LogP contribution in [0.3, 0.4) is 0 Å². The summed E-state index contributed by atoms with van der Waals surface area (Å²) in [6, 6.07) is 11.6. The van der Waals surface area contributed by atoms with E-state index in [0.29, 0.717) is 11.5 Å². The summed E-state index contributed by atoms with van der Waals surface area (Å²) in [5.74, 6) is 0.532. The molecule has 0 saturated carbocycles. The molecule has 1 amide bonds. The lowest BCUT2D eigenvalue weighted by atomic mass is 10.3. The third-order valence-corrected chi connectivity index (χ3v) is 6.38. The van der Waals surface area contributed by atoms with E-state index in [0.717, 1.165) is 12.1 Å². The van der Waals surface area contributed by atoms with Gasteiger partial charge in [-0.1, -0.05) is 0 Å². The van der Waals surface area contributed by atoms with Gasteiger partial charge in [0.05, 0.1) is 12.0 Å². The van der Waals surface area contributed by atoms with Crippen LogP contribution in [0.4, 0.5) is 4.39 Å². The number of carbonyl (C=O) groups excluding carboxylic acids is 1. The Kier molecular flexibility index (Phi) is 6.15. The highest BCUT2D eigenvalue weighted by Crippen LogP contribution is 2.19. The number of rotatable bonds is 6. The number of amides is 1. The lowest BCUT2D eigenvalue weighted by Gasteiger charge is -2.34. The summed E-state index contributed by atoms with van der Waals surface area (Å²) in [4.78, 5) is 13.9. The van der Waals surface area contributed by atoms with Crippen LogP contribution in [-0.2, 0) is 14.8 Å². The molecule has 0 unspecified atom stereocenters. The van der Waals surface area contributed by atoms with E-state index < -0.39 is 15.8 Å². The topological polar surface area (TPSA) is 76.2 Å². The fourth-order valence-corrected chi connectivity index (χ4v) is 4.26. The molecule has 1 aliphatic rings. The number of nitrogens with zero attached hydrogens (tertiary/aromatic N) is 2. The van der Waals surface area contributed by atoms with E-state index in [1.165, 1.54) is 16.4 Å². The molecular formula is C19H21FN2O5S. The zero-order valence-corrected chi connectivity index (χ0v) is 16.2. The zero-order chi connectivity index (χ0) is 20.1. The minimum Gasteiger partial charge on any atom is -0.497 e. The average Bonchev–Trinajstić information content (AvgIpc) is 2.73. The van der Waals surface area contributed by atoms with Crippen molar-refractivity contribution in [1.82, 2.24) is 9.21 Å². The molecule has 0 radical (unpaired) electrons. The maximum atomic E-state index is 13.0. The highest BCUT2D eigenvalue weighted by Gasteiger charge is 2.30. The van der Waals surface area contributed by atoms with E-state index in [1.54, 1.807) is 36.3 Å². The number of halogens is 1. The number of carbonyl (C=O) groups is 1. The first-order valence-corrected chi connectivity index (χ1v) is 10.1. The maximum absolute atomic E-state index is 13.0. The summed E-state index contributed by atoms with van der Waals surface area (Å²) >= 11 is 0. The summed E-state index contributed by atoms with van der Waals surface area (Å²) in [5, 5.41) is 0. The van der Waals surface area contributed by atoms with Gasteiger partial charge < -0.3 is 14.4 Å². The van der Waals surface area contributed by atoms with Crippen molar-refractivity contribution in [2.24, 2.45) is 0 Å². The second kappa shape index (κ2) is 8.57. The molecule has 150 valence electrons. The van der Waals surface area contributed by atoms with Gasteiger partial charge in [-0.05, 0) is 48.5 Å². The summed E-state index contributed by atoms with van der Waals surface area (Å²) in [7, 11) is -2.14. The van der Waals surface area contributed by atoms with Gasteiger partial charge in [0.25, 0.3) is 5.91 Å². The van der Waals surface area contributed by atoms with Crippen molar-refractivity contribution in [3.63, 3.8) is 0 Å². The van der Waals surface area contributed by atoms with E-state index in [9.17, 15) is 17.6 Å². The Morgan fingerprint density at radius 3 is 2.11 bits per heavy atom. The standard InChI is InChI=1S/C19H21FN2O5S/c1-26-16-4-6-17(7-5-16)27-14-19(23)21-10-12-22(13-11-21)28(24,25)18-8-2-15(20)3-9-18/h2-9H,10-14H2,1H3. The van der Waals surface area contributed by atoms with Crippen molar-refractivity contribution in [2.45, 2.75) is 4.90 Å². The Labute approximate surface area is 163 Å². The third-order valence-electron chi connectivity index (χ3n) is 4.46. The van der Waals surface area contributed by atoms with E-state index in [-0.39, 0.29) is 43.6 Å². The Morgan fingerprint density at radius 2 is 1.54 bits per heavy atom. The molecule has 0 bridgehead atoms. The molecule has 1 fully saturated rings. The van der Waals surface area contributed by atoms with Crippen LogP contribution in [0.5, 0.6) is 11.5 Å². The predicted molar refractivity (Wildman–Crippen MR) is 100 cm³/mol. The lowest BCUT2D eigenvalue weighted by Crippen LogP contribution is -2.51. The van der Waals surface area contributed by atoms with Gasteiger partial charge in [-0.25, -0.2) is 12.8 Å². The van der Waals surface area contributed by atoms with Crippen molar-refractivity contribution in [3.05, 3.63) is 54.3 Å². The molecule has 0 N–H and O–H groups in total. The van der Waals surface area contributed by atoms with Gasteiger partial charge in [-0.3, -0.25) is 4.79 Å². The molecule has 7 nitrogen and oxygen atoms in total. The van der Waals surface area contributed by atoms with Gasteiger partial charge >= 0.3 is 0 Å². The minimum absolute atomic E-state index is 0.0384. The van der Waals surface area contributed by atoms with Crippen molar-refractivity contribution in [3.8, 4) is 11.5 Å². The van der Waals surface area contributed by atoms with Crippen molar-refractivity contribution >= 4 is 15.9 Å². The average molecular weight is 408 g/mol. The van der Waals surface area contributed by atoms with Crippen LogP contribution >= 0.6 is 0 Å². The van der Waals surface area contributed by atoms with E-state index in [1.807, 2.05) is 0 Å². The fourth-order valence-electron chi connectivity index (χ4n) is 2.84. The monoisotopic (exact) mass is 408 g/mol. The zero-order valence-electron chi connectivity index (χ0n) is 15.4. The molecule has 3 rings (SSSR count). The number of sulfonamides is 1. The van der Waals surface area contributed by atoms with E-state index in [2.05, 4.69) is 0 Å². The predicted octanol–water partition coefficient (Wildman–Crippen LogP) is 1.75. The molecule has 2 aromatic carbocycles. The Hall–Kier alpha value is -2.65. The number of hydrogen-bond donors (Lipinski definition) is 0. The number of benzene rings is 2. The Balaban J connectivity index is 1.52. The highest BCUT2D eigenvalue weighted by molar-refractivity contribution is 7.89. The summed E-state index contributed by atoms with van der Waals surface area (Å²) < 4.78 is 50.1. The first-order chi connectivity index (χ1) is 13.4. The van der Waals surface area contributed by atoms with Crippen molar-refractivity contribution in [1.29, 1.82) is 0 Å². The van der Waals surface area contributed by atoms with E-state index >= 15 is 0 Å². The lowest BCUT2D eigenvalue weighted by molar-refractivity contribution is -0.134. The Morgan fingerprint density at radius 1 is 0.964 bits per heavy atom. The molecule has 0 aromatic heterocycles. The van der Waals surface area contributed by atoms with Gasteiger partial charge in [0.15, 0.2) is 6.61 Å². The fraction of sp³-hybridized carbons (Fsp3) is 0.316. The van der Waals surface area contributed by atoms with Crippen LogP contribution in [0.1, 0.15) is 0 Å². The number of methoxy groups -OCH3 is 1. The first kappa shape index (κ1) is 20.1. The van der Waals surface area contributed by atoms with Crippen molar-refractivity contribution in [2.75, 3.05) is 39.9 Å². The quantitative estimate of drug-likeness (QED) is 0.728. The highest BCUT2D eigenvalue weighted by atomic mass is 32.2. The van der Waals surface area contributed by atoms with Gasteiger partial charge in [-0.15, -0.1) is 0 Å². The van der Waals surface area contributed by atoms with Crippen LogP contribution in [0.15, 0.2) is 53.4 Å². The van der Waals surface area contributed by atoms with E-state index in [4.69, 9.17) is 9.47 Å². The first-order valence-electron chi connectivity index (χ1n) is 8.70. The molecule has 0 atom stereocenters. The second-order valence-electron chi connectivity index (χ2n) is 6.20. The summed E-state index contributed by atoms with van der Waals surface area (Å²) in [6.07, 6.45) is 0. The number of hydrogen-bond acceptors (Lipinski definition) is 5. The molecular weight excluding hydrogens is 387 g/mol. The molecule has 1 aliphatic heterocycles. The molecule has 1 heterocycles. The van der Waals surface area contributed by atoms with Crippen LogP contribution < -0.4 is 9.47 Å². The second-order valence-corrected chi connectivity index (χ2v) is 8.14. The van der Waals surface area contributed by atoms with Crippen LogP contribution in [0, 0.1) is 5.82 Å². The molecule has 28 heavy (non-hydrogen) atoms. The normalized spacial score (nSPS) is 15.3. The molecule has 2 aromatic rings. The summed E-state index contributed by atoms with van der Waals surface area (Å²) in [5.41, 5.74) is 0. The minimum atomic E-state index is -3.70. The van der Waals surface area contributed by atoms with Crippen LogP contribution in [0.2, 0.25) is 0 Å². The molecule has 1 saturated heterocycles. The van der Waals surface area contributed by atoms with Gasteiger partial charge in [-0.2, -0.15) is 4.31 Å². The third kappa shape index (κ3) is 4.60. The van der Waals surface area contributed by atoms with Gasteiger partial charge in [0.2, 0.25) is 10.0 Å². The smallest absolute Gasteiger partial charge is 0.260 e. The summed E-state index contributed by atoms with van der Waals surface area (Å²) in [6.45, 7) is 0.759. The number of piperazine rings is 1. The molecule has 0 spiro atoms. The molecule has 9 heteroatoms. The van der Waals surface area contributed by atoms with Crippen LogP contribution in [-0.4, -0.2) is 63.4 Å². The maximum Gasteiger partial charge on any atom is 0.260 e. The largest absolute Gasteiger partial charge is 0.497 e. The van der Waals surface area contributed by atoms with Gasteiger partial charge in [0, 0.05) is 26.2 Å². The SMILES string of the molecule is COc1ccc(OCC(=O)N2CCN(S(=O)(=O)c3ccc(F)cc3)CC2)cc1. The van der Waals surface area contributed by atoms with Gasteiger partial charge in [0.1, 0.15) is 17.3 Å². The van der Waals surface area contributed by atoms with Crippen molar-refractivity contribution < 1.29 is 27.1 Å². The van der Waals surface area contributed by atoms with Crippen LogP contribution in [0.25, 0.3) is 0 Å². The number of ether oxygens (including phenoxy) is 2.